The standard InChI is InChI=1S/C14H25N5O2/c20-6-2-5-19-9-12(16-17-19)7-15-8-14-10-18-4-1-3-13(18)11-21-14/h9,13-15,20H,1-8,10-11H2. The SMILES string of the molecule is OCCCn1cc(CNCC2CN3CCCC3CO2)nn1. The normalized spacial score (nSPS) is 26.1. The van der Waals surface area contributed by atoms with Crippen LogP contribution >= 0.6 is 0 Å². The Morgan fingerprint density at radius 1 is 1.48 bits per heavy atom. The molecule has 0 radical (unpaired) electrons. The molecule has 2 N–H and O–H groups in total. The van der Waals surface area contributed by atoms with E-state index in [0.29, 0.717) is 25.6 Å². The van der Waals surface area contributed by atoms with Crippen LogP contribution < -0.4 is 5.32 Å². The molecule has 1 aromatic heterocycles. The Morgan fingerprint density at radius 2 is 2.43 bits per heavy atom. The quantitative estimate of drug-likeness (QED) is 0.714. The zero-order chi connectivity index (χ0) is 14.5. The number of nitrogens with one attached hydrogen (secondary N) is 1. The number of hydrogen-bond acceptors (Lipinski definition) is 6. The van der Waals surface area contributed by atoms with E-state index in [9.17, 15) is 0 Å². The summed E-state index contributed by atoms with van der Waals surface area (Å²) in [4.78, 5) is 2.56. The van der Waals surface area contributed by atoms with Crippen LogP contribution in [0.25, 0.3) is 0 Å². The molecule has 2 fully saturated rings. The number of rotatable bonds is 7. The van der Waals surface area contributed by atoms with Gasteiger partial charge in [-0.1, -0.05) is 5.21 Å². The largest absolute Gasteiger partial charge is 0.396 e. The molecule has 0 saturated carbocycles. The summed E-state index contributed by atoms with van der Waals surface area (Å²) in [5.41, 5.74) is 0.933. The highest BCUT2D eigenvalue weighted by Gasteiger charge is 2.31. The Morgan fingerprint density at radius 3 is 3.33 bits per heavy atom. The highest BCUT2D eigenvalue weighted by Crippen LogP contribution is 2.22. The lowest BCUT2D eigenvalue weighted by Gasteiger charge is -2.35. The third-order valence-corrected chi connectivity index (χ3v) is 4.27. The number of nitrogens with zero attached hydrogens (tertiary/aromatic N) is 4. The van der Waals surface area contributed by atoms with Gasteiger partial charge in [-0.15, -0.1) is 5.10 Å². The van der Waals surface area contributed by atoms with Crippen molar-refractivity contribution in [1.29, 1.82) is 0 Å². The third-order valence-electron chi connectivity index (χ3n) is 4.27. The van der Waals surface area contributed by atoms with E-state index in [1.807, 2.05) is 6.20 Å². The molecule has 21 heavy (non-hydrogen) atoms. The van der Waals surface area contributed by atoms with Gasteiger partial charge >= 0.3 is 0 Å². The molecular formula is C14H25N5O2. The number of ether oxygens (including phenoxy) is 1. The Labute approximate surface area is 125 Å². The summed E-state index contributed by atoms with van der Waals surface area (Å²) >= 11 is 0. The second-order valence-corrected chi connectivity index (χ2v) is 5.93. The van der Waals surface area contributed by atoms with E-state index in [4.69, 9.17) is 9.84 Å². The number of morpholine rings is 1. The zero-order valence-electron chi connectivity index (χ0n) is 12.4. The van der Waals surface area contributed by atoms with Crippen molar-refractivity contribution in [3.05, 3.63) is 11.9 Å². The maximum absolute atomic E-state index is 8.79. The van der Waals surface area contributed by atoms with Crippen LogP contribution in [-0.4, -0.2) is 70.0 Å². The van der Waals surface area contributed by atoms with Crippen molar-refractivity contribution in [3.8, 4) is 0 Å². The molecule has 3 heterocycles. The maximum Gasteiger partial charge on any atom is 0.0964 e. The molecule has 0 aromatic carbocycles. The summed E-state index contributed by atoms with van der Waals surface area (Å²) in [7, 11) is 0. The first kappa shape index (κ1) is 14.9. The Bertz CT molecular complexity index is 439. The van der Waals surface area contributed by atoms with Crippen molar-refractivity contribution in [2.24, 2.45) is 0 Å². The van der Waals surface area contributed by atoms with Crippen LogP contribution in [0, 0.1) is 0 Å². The van der Waals surface area contributed by atoms with E-state index >= 15 is 0 Å². The first-order valence-electron chi connectivity index (χ1n) is 7.91. The summed E-state index contributed by atoms with van der Waals surface area (Å²) in [6.07, 6.45) is 5.52. The van der Waals surface area contributed by atoms with E-state index in [1.165, 1.54) is 19.4 Å². The average Bonchev–Trinajstić information content (AvgIpc) is 3.13. The van der Waals surface area contributed by atoms with E-state index in [1.54, 1.807) is 4.68 Å². The third kappa shape index (κ3) is 4.00. The number of fused-ring (bicyclic) bond motifs is 1. The molecule has 2 atom stereocenters. The van der Waals surface area contributed by atoms with Crippen LogP contribution in [0.3, 0.4) is 0 Å². The molecule has 2 unspecified atom stereocenters. The molecular weight excluding hydrogens is 270 g/mol. The van der Waals surface area contributed by atoms with E-state index in [0.717, 1.165) is 25.4 Å². The highest BCUT2D eigenvalue weighted by atomic mass is 16.5. The number of aliphatic hydroxyl groups is 1. The lowest BCUT2D eigenvalue weighted by molar-refractivity contribution is -0.0470. The smallest absolute Gasteiger partial charge is 0.0964 e. The zero-order valence-corrected chi connectivity index (χ0v) is 12.4. The number of aryl methyl sites for hydroxylation is 1. The molecule has 2 saturated heterocycles. The van der Waals surface area contributed by atoms with Gasteiger partial charge in [-0.2, -0.15) is 0 Å². The number of hydrogen-bond donors (Lipinski definition) is 2. The van der Waals surface area contributed by atoms with Gasteiger partial charge in [-0.05, 0) is 25.8 Å². The Balaban J connectivity index is 1.37. The van der Waals surface area contributed by atoms with E-state index < -0.39 is 0 Å². The van der Waals surface area contributed by atoms with Gasteiger partial charge in [0.05, 0.1) is 18.4 Å². The first-order valence-corrected chi connectivity index (χ1v) is 7.91. The summed E-state index contributed by atoms with van der Waals surface area (Å²) in [5, 5.41) is 20.4. The fourth-order valence-corrected chi connectivity index (χ4v) is 3.13. The van der Waals surface area contributed by atoms with Gasteiger partial charge < -0.3 is 15.2 Å². The Kier molecular flexibility index (Phi) is 5.18. The van der Waals surface area contributed by atoms with Crippen LogP contribution in [-0.2, 0) is 17.8 Å². The second-order valence-electron chi connectivity index (χ2n) is 5.93. The minimum atomic E-state index is 0.184. The minimum Gasteiger partial charge on any atom is -0.396 e. The highest BCUT2D eigenvalue weighted by molar-refractivity contribution is 4.92. The summed E-state index contributed by atoms with van der Waals surface area (Å²) in [5.74, 6) is 0. The van der Waals surface area contributed by atoms with Crippen LogP contribution in [0.4, 0.5) is 0 Å². The average molecular weight is 295 g/mol. The van der Waals surface area contributed by atoms with Crippen LogP contribution in [0.5, 0.6) is 0 Å². The molecule has 2 aliphatic rings. The number of aromatic nitrogens is 3. The minimum absolute atomic E-state index is 0.184. The molecule has 0 bridgehead atoms. The predicted molar refractivity (Wildman–Crippen MR) is 77.8 cm³/mol. The first-order chi connectivity index (χ1) is 10.3. The molecule has 0 amide bonds. The lowest BCUT2D eigenvalue weighted by atomic mass is 10.2. The molecule has 7 heteroatoms. The van der Waals surface area contributed by atoms with Gasteiger partial charge in [0, 0.05) is 45.0 Å². The topological polar surface area (TPSA) is 75.4 Å². The van der Waals surface area contributed by atoms with E-state index in [-0.39, 0.29) is 12.7 Å². The van der Waals surface area contributed by atoms with Gasteiger partial charge in [0.1, 0.15) is 0 Å². The van der Waals surface area contributed by atoms with Crippen LogP contribution in [0.15, 0.2) is 6.20 Å². The van der Waals surface area contributed by atoms with Gasteiger partial charge in [0.2, 0.25) is 0 Å². The van der Waals surface area contributed by atoms with Crippen molar-refractivity contribution in [2.45, 2.75) is 44.5 Å². The van der Waals surface area contributed by atoms with Gasteiger partial charge in [-0.25, -0.2) is 0 Å². The summed E-state index contributed by atoms with van der Waals surface area (Å²) < 4.78 is 7.69. The lowest BCUT2D eigenvalue weighted by Crippen LogP contribution is -2.49. The fourth-order valence-electron chi connectivity index (χ4n) is 3.13. The molecule has 1 aromatic rings. The molecule has 118 valence electrons. The molecule has 0 aliphatic carbocycles. The van der Waals surface area contributed by atoms with Crippen molar-refractivity contribution >= 4 is 0 Å². The van der Waals surface area contributed by atoms with Crippen molar-refractivity contribution in [3.63, 3.8) is 0 Å². The van der Waals surface area contributed by atoms with Crippen molar-refractivity contribution in [2.75, 3.05) is 32.8 Å². The van der Waals surface area contributed by atoms with Gasteiger partial charge in [0.15, 0.2) is 0 Å². The molecule has 7 nitrogen and oxygen atoms in total. The molecule has 0 spiro atoms. The second kappa shape index (κ2) is 7.31. The van der Waals surface area contributed by atoms with Crippen LogP contribution in [0.2, 0.25) is 0 Å². The van der Waals surface area contributed by atoms with Crippen molar-refractivity contribution < 1.29 is 9.84 Å². The van der Waals surface area contributed by atoms with Crippen LogP contribution in [0.1, 0.15) is 25.0 Å². The fraction of sp³-hybridized carbons (Fsp3) is 0.857. The van der Waals surface area contributed by atoms with Crippen molar-refractivity contribution in [1.82, 2.24) is 25.2 Å². The monoisotopic (exact) mass is 295 g/mol. The van der Waals surface area contributed by atoms with E-state index in [2.05, 4.69) is 20.5 Å². The Hall–Kier alpha value is -1.02. The number of aliphatic hydroxyl groups excluding tert-OH is 1. The maximum atomic E-state index is 8.79. The van der Waals surface area contributed by atoms with Gasteiger partial charge in [-0.3, -0.25) is 9.58 Å². The predicted octanol–water partition coefficient (Wildman–Crippen LogP) is -0.387. The molecule has 3 rings (SSSR count). The summed E-state index contributed by atoms with van der Waals surface area (Å²) in [6, 6.07) is 0.660. The summed E-state index contributed by atoms with van der Waals surface area (Å²) in [6.45, 7) is 5.61. The van der Waals surface area contributed by atoms with Gasteiger partial charge in [0.25, 0.3) is 0 Å². The molecule has 2 aliphatic heterocycles.